The highest BCUT2D eigenvalue weighted by Crippen LogP contribution is 2.17. The molecule has 0 amide bonds. The zero-order chi connectivity index (χ0) is 20.5. The molecule has 0 atom stereocenters. The third-order valence-electron chi connectivity index (χ3n) is 4.96. The fourth-order valence-electron chi connectivity index (χ4n) is 3.59. The number of hydrogen-bond donors (Lipinski definition) is 0. The van der Waals surface area contributed by atoms with Crippen LogP contribution >= 0.6 is 0 Å². The average Bonchev–Trinajstić information content (AvgIpc) is 3.43. The Morgan fingerprint density at radius 1 is 0.567 bits per heavy atom. The van der Waals surface area contributed by atoms with Gasteiger partial charge >= 0.3 is 0 Å². The third-order valence-corrected chi connectivity index (χ3v) is 4.96. The molecule has 0 aliphatic carbocycles. The van der Waals surface area contributed by atoms with Gasteiger partial charge in [0, 0.05) is 12.4 Å². The number of aromatic nitrogens is 4. The number of carbonyl (C=O) groups is 2. The molecule has 0 fully saturated rings. The van der Waals surface area contributed by atoms with E-state index in [0.717, 1.165) is 45.7 Å². The van der Waals surface area contributed by atoms with E-state index < -0.39 is 0 Å². The smallest absolute Gasteiger partial charge is 0.170 e. The maximum Gasteiger partial charge on any atom is 0.170 e. The van der Waals surface area contributed by atoms with Crippen LogP contribution < -0.4 is 0 Å². The van der Waals surface area contributed by atoms with Crippen LogP contribution in [0.5, 0.6) is 0 Å². The first-order valence-electron chi connectivity index (χ1n) is 9.41. The van der Waals surface area contributed by atoms with Gasteiger partial charge in [0.15, 0.2) is 12.6 Å². The van der Waals surface area contributed by atoms with Crippen LogP contribution in [0.1, 0.15) is 21.0 Å². The number of aldehydes is 2. The van der Waals surface area contributed by atoms with Crippen molar-refractivity contribution < 1.29 is 9.59 Å². The minimum atomic E-state index is 0.464. The highest BCUT2D eigenvalue weighted by Gasteiger charge is 2.04. The largest absolute Gasteiger partial charge is 0.299 e. The highest BCUT2D eigenvalue weighted by molar-refractivity contribution is 5.84. The van der Waals surface area contributed by atoms with E-state index in [1.807, 2.05) is 81.6 Å². The van der Waals surface area contributed by atoms with Crippen molar-refractivity contribution in [3.8, 4) is 0 Å². The van der Waals surface area contributed by atoms with Crippen LogP contribution in [-0.2, 0) is 0 Å². The first-order chi connectivity index (χ1) is 14.8. The van der Waals surface area contributed by atoms with Crippen molar-refractivity contribution in [1.29, 1.82) is 0 Å². The average molecular weight is 392 g/mol. The SMILES string of the molecule is O=Cc1cn2c(ccc3ccccc32)n1.O=Cc1cn2c(ccc3ccccc32)n1. The molecule has 6 rings (SSSR count). The molecule has 144 valence electrons. The Bertz CT molecular complexity index is 1430. The van der Waals surface area contributed by atoms with Crippen molar-refractivity contribution in [2.24, 2.45) is 0 Å². The summed E-state index contributed by atoms with van der Waals surface area (Å²) in [4.78, 5) is 29.6. The van der Waals surface area contributed by atoms with Gasteiger partial charge in [-0.1, -0.05) is 36.4 Å². The number of pyridine rings is 2. The number of para-hydroxylation sites is 2. The molecule has 30 heavy (non-hydrogen) atoms. The first kappa shape index (κ1) is 17.8. The van der Waals surface area contributed by atoms with Crippen molar-refractivity contribution in [2.45, 2.75) is 0 Å². The van der Waals surface area contributed by atoms with E-state index in [-0.39, 0.29) is 0 Å². The molecule has 0 unspecified atom stereocenters. The maximum absolute atomic E-state index is 10.6. The lowest BCUT2D eigenvalue weighted by atomic mass is 10.2. The Morgan fingerprint density at radius 3 is 1.43 bits per heavy atom. The number of rotatable bonds is 2. The van der Waals surface area contributed by atoms with Gasteiger partial charge in [0.25, 0.3) is 0 Å². The second-order valence-corrected chi connectivity index (χ2v) is 6.81. The number of nitrogens with zero attached hydrogens (tertiary/aromatic N) is 4. The lowest BCUT2D eigenvalue weighted by Crippen LogP contribution is -1.85. The number of benzene rings is 2. The van der Waals surface area contributed by atoms with Gasteiger partial charge in [-0.05, 0) is 47.2 Å². The number of carbonyl (C=O) groups excluding carboxylic acids is 2. The van der Waals surface area contributed by atoms with Crippen molar-refractivity contribution in [2.75, 3.05) is 0 Å². The van der Waals surface area contributed by atoms with Crippen molar-refractivity contribution in [3.63, 3.8) is 0 Å². The Kier molecular flexibility index (Phi) is 4.29. The van der Waals surface area contributed by atoms with E-state index in [1.54, 1.807) is 12.4 Å². The Balaban J connectivity index is 0.000000128. The maximum atomic E-state index is 10.6. The topological polar surface area (TPSA) is 68.7 Å². The van der Waals surface area contributed by atoms with Crippen LogP contribution in [0.4, 0.5) is 0 Å². The lowest BCUT2D eigenvalue weighted by Gasteiger charge is -1.99. The molecule has 0 bridgehead atoms. The predicted octanol–water partition coefficient (Wildman–Crippen LogP) is 4.60. The highest BCUT2D eigenvalue weighted by atomic mass is 16.1. The molecule has 0 aliphatic heterocycles. The summed E-state index contributed by atoms with van der Waals surface area (Å²) in [5.74, 6) is 0. The van der Waals surface area contributed by atoms with Crippen molar-refractivity contribution in [1.82, 2.24) is 18.8 Å². The first-order valence-corrected chi connectivity index (χ1v) is 9.41. The van der Waals surface area contributed by atoms with E-state index in [4.69, 9.17) is 0 Å². The molecule has 6 heteroatoms. The fourth-order valence-corrected chi connectivity index (χ4v) is 3.59. The summed E-state index contributed by atoms with van der Waals surface area (Å²) < 4.78 is 3.86. The van der Waals surface area contributed by atoms with Crippen LogP contribution in [-0.4, -0.2) is 31.3 Å². The lowest BCUT2D eigenvalue weighted by molar-refractivity contribution is 0.111. The number of fused-ring (bicyclic) bond motifs is 6. The molecule has 6 aromatic rings. The zero-order valence-corrected chi connectivity index (χ0v) is 15.8. The van der Waals surface area contributed by atoms with E-state index in [9.17, 15) is 9.59 Å². The van der Waals surface area contributed by atoms with Gasteiger partial charge < -0.3 is 0 Å². The molecule has 0 saturated heterocycles. The molecule has 4 aromatic heterocycles. The zero-order valence-electron chi connectivity index (χ0n) is 15.8. The van der Waals surface area contributed by atoms with Gasteiger partial charge in [0.1, 0.15) is 22.7 Å². The van der Waals surface area contributed by atoms with Crippen LogP contribution in [0.3, 0.4) is 0 Å². The number of imidazole rings is 2. The van der Waals surface area contributed by atoms with Crippen LogP contribution in [0.2, 0.25) is 0 Å². The molecular formula is C24H16N4O2. The summed E-state index contributed by atoms with van der Waals surface area (Å²) in [6.07, 6.45) is 5.04. The second kappa shape index (κ2) is 7.25. The normalized spacial score (nSPS) is 10.9. The Labute approximate surface area is 171 Å². The molecule has 0 spiro atoms. The summed E-state index contributed by atoms with van der Waals surface area (Å²) in [6, 6.07) is 23.9. The van der Waals surface area contributed by atoms with Crippen molar-refractivity contribution >= 4 is 45.7 Å². The predicted molar refractivity (Wildman–Crippen MR) is 116 cm³/mol. The second-order valence-electron chi connectivity index (χ2n) is 6.81. The summed E-state index contributed by atoms with van der Waals surface area (Å²) in [6.45, 7) is 0. The molecule has 2 aromatic carbocycles. The van der Waals surface area contributed by atoms with E-state index in [1.165, 1.54) is 0 Å². The van der Waals surface area contributed by atoms with Gasteiger partial charge in [0.2, 0.25) is 0 Å². The fraction of sp³-hybridized carbons (Fsp3) is 0. The van der Waals surface area contributed by atoms with Gasteiger partial charge in [-0.15, -0.1) is 0 Å². The Morgan fingerprint density at radius 2 is 1.00 bits per heavy atom. The van der Waals surface area contributed by atoms with Crippen molar-refractivity contribution in [3.05, 3.63) is 96.6 Å². The van der Waals surface area contributed by atoms with Crippen LogP contribution in [0.15, 0.2) is 85.2 Å². The van der Waals surface area contributed by atoms with Gasteiger partial charge in [-0.2, -0.15) is 0 Å². The minimum Gasteiger partial charge on any atom is -0.299 e. The van der Waals surface area contributed by atoms with E-state index >= 15 is 0 Å². The molecule has 0 aliphatic rings. The summed E-state index contributed by atoms with van der Waals surface area (Å²) in [7, 11) is 0. The van der Waals surface area contributed by atoms with E-state index in [2.05, 4.69) is 9.97 Å². The van der Waals surface area contributed by atoms with Crippen LogP contribution in [0.25, 0.3) is 33.1 Å². The Hall–Kier alpha value is -4.32. The standard InChI is InChI=1S/2C12H8N2O/c2*15-8-10-7-14-11-4-2-1-3-9(11)5-6-12(14)13-10/h2*1-8H. The van der Waals surface area contributed by atoms with Crippen LogP contribution in [0, 0.1) is 0 Å². The minimum absolute atomic E-state index is 0.464. The summed E-state index contributed by atoms with van der Waals surface area (Å²) >= 11 is 0. The van der Waals surface area contributed by atoms with Gasteiger partial charge in [0.05, 0.1) is 11.0 Å². The molecular weight excluding hydrogens is 376 g/mol. The molecule has 0 N–H and O–H groups in total. The van der Waals surface area contributed by atoms with E-state index in [0.29, 0.717) is 11.4 Å². The quantitative estimate of drug-likeness (QED) is 0.404. The molecule has 6 nitrogen and oxygen atoms in total. The molecule has 0 radical (unpaired) electrons. The number of hydrogen-bond acceptors (Lipinski definition) is 4. The molecule has 0 saturated carbocycles. The monoisotopic (exact) mass is 392 g/mol. The summed E-state index contributed by atoms with van der Waals surface area (Å²) in [5, 5.41) is 2.28. The third kappa shape index (κ3) is 3.00. The summed E-state index contributed by atoms with van der Waals surface area (Å²) in [5.41, 5.74) is 4.66. The van der Waals surface area contributed by atoms with Gasteiger partial charge in [-0.3, -0.25) is 18.4 Å². The van der Waals surface area contributed by atoms with Gasteiger partial charge in [-0.25, -0.2) is 9.97 Å². The molecule has 4 heterocycles.